The van der Waals surface area contributed by atoms with Crippen LogP contribution in [0, 0.1) is 5.92 Å². The Kier molecular flexibility index (Phi) is 8.34. The Bertz CT molecular complexity index is 542. The van der Waals surface area contributed by atoms with Gasteiger partial charge in [0, 0.05) is 0 Å². The quantitative estimate of drug-likeness (QED) is 0.718. The van der Waals surface area contributed by atoms with Gasteiger partial charge in [-0.15, -0.1) is 12.6 Å². The minimum atomic E-state index is 0. The third kappa shape index (κ3) is 5.89. The summed E-state index contributed by atoms with van der Waals surface area (Å²) in [5.74, 6) is 1.48. The number of nitrogens with zero attached hydrogens (tertiary/aromatic N) is 1. The molecule has 0 saturated carbocycles. The molecule has 1 atom stereocenters. The number of benzene rings is 2. The molecule has 0 heterocycles. The molecular formula is C19H24LiNO. The Hall–Kier alpha value is -1.20. The van der Waals surface area contributed by atoms with Crippen LogP contribution in [-0.4, -0.2) is 6.61 Å². The number of para-hydroxylation sites is 1. The van der Waals surface area contributed by atoms with Gasteiger partial charge in [-0.2, -0.15) is 0 Å². The summed E-state index contributed by atoms with van der Waals surface area (Å²) >= 11 is 0. The summed E-state index contributed by atoms with van der Waals surface area (Å²) in [5.41, 5.74) is 2.40. The van der Waals surface area contributed by atoms with Crippen molar-refractivity contribution in [2.45, 2.75) is 33.4 Å². The molecule has 0 aliphatic heterocycles. The molecule has 2 aromatic rings. The van der Waals surface area contributed by atoms with Gasteiger partial charge in [0.2, 0.25) is 0 Å². The van der Waals surface area contributed by atoms with Crippen molar-refractivity contribution >= 4 is 0 Å². The zero-order valence-electron chi connectivity index (χ0n) is 14.1. The Labute approximate surface area is 146 Å². The van der Waals surface area contributed by atoms with Gasteiger partial charge in [-0.3, -0.25) is 0 Å². The predicted molar refractivity (Wildman–Crippen MR) is 88.7 cm³/mol. The van der Waals surface area contributed by atoms with E-state index in [1.54, 1.807) is 0 Å². The van der Waals surface area contributed by atoms with Crippen LogP contribution in [-0.2, 0) is 6.54 Å². The van der Waals surface area contributed by atoms with Crippen molar-refractivity contribution in [1.29, 1.82) is 0 Å². The molecule has 0 aromatic heterocycles. The third-order valence-electron chi connectivity index (χ3n) is 3.36. The van der Waals surface area contributed by atoms with Crippen LogP contribution < -0.4 is 23.6 Å². The van der Waals surface area contributed by atoms with Crippen LogP contribution in [0.1, 0.15) is 37.9 Å². The summed E-state index contributed by atoms with van der Waals surface area (Å²) in [7, 11) is 0. The van der Waals surface area contributed by atoms with Crippen molar-refractivity contribution < 1.29 is 23.6 Å². The van der Waals surface area contributed by atoms with E-state index >= 15 is 0 Å². The summed E-state index contributed by atoms with van der Waals surface area (Å²) in [6.07, 6.45) is 0. The van der Waals surface area contributed by atoms with E-state index in [0.29, 0.717) is 12.5 Å². The van der Waals surface area contributed by atoms with Crippen molar-refractivity contribution in [3.8, 4) is 5.75 Å². The van der Waals surface area contributed by atoms with Crippen LogP contribution in [0.5, 0.6) is 5.75 Å². The van der Waals surface area contributed by atoms with Crippen molar-refractivity contribution in [2.24, 2.45) is 5.92 Å². The molecule has 0 bridgehead atoms. The van der Waals surface area contributed by atoms with Crippen LogP contribution in [0.3, 0.4) is 0 Å². The Balaban J connectivity index is 0.00000242. The minimum Gasteiger partial charge on any atom is -0.652 e. The maximum Gasteiger partial charge on any atom is 1.00 e. The number of rotatable bonds is 7. The van der Waals surface area contributed by atoms with Gasteiger partial charge >= 0.3 is 18.9 Å². The van der Waals surface area contributed by atoms with Gasteiger partial charge < -0.3 is 10.1 Å². The molecule has 0 aliphatic carbocycles. The standard InChI is InChI=1S/C19H24NO.Li/c1-15(2)14-21-19-12-8-7-11-18(19)13-20-16(3)17-9-5-4-6-10-17;/h4-12,15-16H,13-14H2,1-3H3;/q-1;+1/t16-;/m1./s1. The maximum absolute atomic E-state index is 5.88. The van der Waals surface area contributed by atoms with E-state index < -0.39 is 0 Å². The van der Waals surface area contributed by atoms with E-state index in [1.165, 1.54) is 5.56 Å². The summed E-state index contributed by atoms with van der Waals surface area (Å²) in [6, 6.07) is 18.8. The zero-order valence-corrected chi connectivity index (χ0v) is 14.1. The molecule has 0 radical (unpaired) electrons. The van der Waals surface area contributed by atoms with Gasteiger partial charge in [-0.25, -0.2) is 0 Å². The Morgan fingerprint density at radius 3 is 2.23 bits per heavy atom. The van der Waals surface area contributed by atoms with E-state index in [4.69, 9.17) is 10.1 Å². The number of hydrogen-bond acceptors (Lipinski definition) is 1. The third-order valence-corrected chi connectivity index (χ3v) is 3.36. The molecule has 0 unspecified atom stereocenters. The maximum atomic E-state index is 5.88. The first-order chi connectivity index (χ1) is 10.2. The topological polar surface area (TPSA) is 23.3 Å². The molecule has 0 saturated heterocycles. The number of hydrogen-bond donors (Lipinski definition) is 0. The molecule has 22 heavy (non-hydrogen) atoms. The first-order valence-electron chi connectivity index (χ1n) is 7.59. The SMILES string of the molecule is CC(C)COc1ccccc1C[N-][C@H](C)c1ccccc1.[Li+]. The average molecular weight is 289 g/mol. The van der Waals surface area contributed by atoms with Gasteiger partial charge in [0.1, 0.15) is 5.75 Å². The second-order valence-corrected chi connectivity index (χ2v) is 5.74. The molecule has 0 N–H and O–H groups in total. The van der Waals surface area contributed by atoms with Crippen molar-refractivity contribution in [1.82, 2.24) is 0 Å². The smallest absolute Gasteiger partial charge is 0.652 e. The Morgan fingerprint density at radius 1 is 0.909 bits per heavy atom. The molecule has 0 aliphatic rings. The van der Waals surface area contributed by atoms with Gasteiger partial charge in [0.05, 0.1) is 6.61 Å². The van der Waals surface area contributed by atoms with E-state index in [2.05, 4.69) is 51.1 Å². The van der Waals surface area contributed by atoms with Crippen molar-refractivity contribution in [3.63, 3.8) is 0 Å². The van der Waals surface area contributed by atoms with Crippen molar-refractivity contribution in [2.75, 3.05) is 6.61 Å². The molecule has 0 spiro atoms. The van der Waals surface area contributed by atoms with E-state index in [-0.39, 0.29) is 24.9 Å². The normalized spacial score (nSPS) is 11.8. The van der Waals surface area contributed by atoms with E-state index in [0.717, 1.165) is 17.9 Å². The fourth-order valence-corrected chi connectivity index (χ4v) is 2.10. The molecule has 2 nitrogen and oxygen atoms in total. The molecule has 0 fully saturated rings. The van der Waals surface area contributed by atoms with Crippen molar-refractivity contribution in [3.05, 3.63) is 71.0 Å². The summed E-state index contributed by atoms with van der Waals surface area (Å²) in [4.78, 5) is 0. The first-order valence-corrected chi connectivity index (χ1v) is 7.59. The van der Waals surface area contributed by atoms with Crippen LogP contribution >= 0.6 is 0 Å². The fraction of sp³-hybridized carbons (Fsp3) is 0.368. The summed E-state index contributed by atoms with van der Waals surface area (Å²) in [6.45, 7) is 7.87. The van der Waals surface area contributed by atoms with E-state index in [9.17, 15) is 0 Å². The summed E-state index contributed by atoms with van der Waals surface area (Å²) < 4.78 is 5.88. The second-order valence-electron chi connectivity index (χ2n) is 5.74. The molecule has 112 valence electrons. The van der Waals surface area contributed by atoms with Gasteiger partial charge in [-0.05, 0) is 17.5 Å². The number of ether oxygens (including phenoxy) is 1. The molecule has 0 amide bonds. The minimum absolute atomic E-state index is 0. The molecule has 2 aromatic carbocycles. The van der Waals surface area contributed by atoms with Gasteiger partial charge in [0.15, 0.2) is 0 Å². The monoisotopic (exact) mass is 289 g/mol. The average Bonchev–Trinajstić information content (AvgIpc) is 2.52. The Morgan fingerprint density at radius 2 is 1.55 bits per heavy atom. The van der Waals surface area contributed by atoms with Crippen LogP contribution in [0.15, 0.2) is 54.6 Å². The van der Waals surface area contributed by atoms with Crippen LogP contribution in [0.4, 0.5) is 0 Å². The molecule has 2 rings (SSSR count). The van der Waals surface area contributed by atoms with Gasteiger partial charge in [-0.1, -0.05) is 74.9 Å². The predicted octanol–water partition coefficient (Wildman–Crippen LogP) is 2.36. The van der Waals surface area contributed by atoms with E-state index in [1.807, 2.05) is 24.3 Å². The van der Waals surface area contributed by atoms with Crippen LogP contribution in [0.25, 0.3) is 5.32 Å². The van der Waals surface area contributed by atoms with Crippen LogP contribution in [0.2, 0.25) is 0 Å². The zero-order chi connectivity index (χ0) is 15.1. The van der Waals surface area contributed by atoms with Gasteiger partial charge in [0.25, 0.3) is 0 Å². The fourth-order valence-electron chi connectivity index (χ4n) is 2.10. The molecular weight excluding hydrogens is 265 g/mol. The largest absolute Gasteiger partial charge is 1.00 e. The first kappa shape index (κ1) is 18.8. The second kappa shape index (κ2) is 9.74. The molecule has 3 heteroatoms. The summed E-state index contributed by atoms with van der Waals surface area (Å²) in [5, 5.41) is 4.77.